The fraction of sp³-hybridized carbons (Fsp3) is 0.360. The van der Waals surface area contributed by atoms with Gasteiger partial charge in [0.25, 0.3) is 5.56 Å². The van der Waals surface area contributed by atoms with Crippen molar-refractivity contribution in [3.63, 3.8) is 0 Å². The maximum atomic E-state index is 12.4. The van der Waals surface area contributed by atoms with Gasteiger partial charge >= 0.3 is 5.69 Å². The minimum Gasteiger partial charge on any atom is -0.352 e. The van der Waals surface area contributed by atoms with Crippen LogP contribution in [0.4, 0.5) is 0 Å². The zero-order valence-corrected chi connectivity index (χ0v) is 21.9. The molecule has 35 heavy (non-hydrogen) atoms. The molecular weight excluding hydrogens is 503 g/mol. The van der Waals surface area contributed by atoms with Gasteiger partial charge in [-0.2, -0.15) is 0 Å². The minimum absolute atomic E-state index is 0.00657. The Morgan fingerprint density at radius 3 is 2.43 bits per heavy atom. The van der Waals surface area contributed by atoms with E-state index in [1.165, 1.54) is 10.8 Å². The van der Waals surface area contributed by atoms with Gasteiger partial charge < -0.3 is 13.8 Å². The Bertz CT molecular complexity index is 1300. The van der Waals surface area contributed by atoms with Crippen LogP contribution in [0.25, 0.3) is 0 Å². The number of nitrogens with zero attached hydrogens (tertiary/aromatic N) is 1. The molecule has 0 amide bonds. The molecule has 3 aromatic rings. The van der Waals surface area contributed by atoms with Crippen molar-refractivity contribution in [3.05, 3.63) is 104 Å². The summed E-state index contributed by atoms with van der Waals surface area (Å²) in [5.74, 6) is 0. The Kier molecular flexibility index (Phi) is 7.17. The van der Waals surface area contributed by atoms with E-state index in [2.05, 4.69) is 29.2 Å². The largest absolute Gasteiger partial charge is 0.352 e. The summed E-state index contributed by atoms with van der Waals surface area (Å²) < 4.78 is 20.7. The van der Waals surface area contributed by atoms with Gasteiger partial charge in [0.15, 0.2) is 0 Å². The third-order valence-electron chi connectivity index (χ3n) is 6.32. The smallest absolute Gasteiger partial charge is 0.330 e. The van der Waals surface area contributed by atoms with E-state index in [-0.39, 0.29) is 23.6 Å². The van der Waals surface area contributed by atoms with Crippen LogP contribution in [0.3, 0.4) is 0 Å². The fourth-order valence-corrected chi connectivity index (χ4v) is 10.6. The molecule has 0 saturated carbocycles. The summed E-state index contributed by atoms with van der Waals surface area (Å²) in [6.45, 7) is 3.68. The second-order valence-electron chi connectivity index (χ2n) is 8.72. The quantitative estimate of drug-likeness (QED) is 0.428. The van der Waals surface area contributed by atoms with E-state index in [9.17, 15) is 9.59 Å². The van der Waals surface area contributed by atoms with E-state index < -0.39 is 23.2 Å². The topological polar surface area (TPSA) is 82.6 Å². The lowest BCUT2D eigenvalue weighted by Gasteiger charge is -2.23. The van der Waals surface area contributed by atoms with Crippen molar-refractivity contribution in [3.8, 4) is 0 Å². The van der Waals surface area contributed by atoms with E-state index in [4.69, 9.17) is 25.6 Å². The normalized spacial score (nSPS) is 30.5. The van der Waals surface area contributed by atoms with Crippen molar-refractivity contribution in [2.75, 3.05) is 0 Å². The molecule has 0 spiro atoms. The number of rotatable bonds is 6. The third-order valence-corrected chi connectivity index (χ3v) is 11.6. The van der Waals surface area contributed by atoms with Crippen LogP contribution >= 0.6 is 17.1 Å². The van der Waals surface area contributed by atoms with E-state index >= 15 is 0 Å². The van der Waals surface area contributed by atoms with Gasteiger partial charge in [-0.1, -0.05) is 79.0 Å². The summed E-state index contributed by atoms with van der Waals surface area (Å²) in [5.41, 5.74) is -0.973. The number of aryl methyl sites for hydroxylation is 1. The molecule has 2 aromatic carbocycles. The Morgan fingerprint density at radius 1 is 1.11 bits per heavy atom. The second kappa shape index (κ2) is 10.2. The number of nitrogens with one attached hydrogen (secondary N) is 1. The summed E-state index contributed by atoms with van der Waals surface area (Å²) in [6, 6.07) is 20.3. The molecule has 0 aliphatic carbocycles. The van der Waals surface area contributed by atoms with Crippen LogP contribution in [0.5, 0.6) is 0 Å². The first-order valence-corrected chi connectivity index (χ1v) is 15.7. The van der Waals surface area contributed by atoms with Crippen LogP contribution in [0.1, 0.15) is 54.0 Å². The average molecular weight is 531 g/mol. The summed E-state index contributed by atoms with van der Waals surface area (Å²) in [6.07, 6.45) is 1.34. The lowest BCUT2D eigenvalue weighted by molar-refractivity contribution is -0.0183. The zero-order valence-electron chi connectivity index (χ0n) is 19.4. The summed E-state index contributed by atoms with van der Waals surface area (Å²) in [5, 5.41) is 0.00657. The first kappa shape index (κ1) is 24.7. The summed E-state index contributed by atoms with van der Waals surface area (Å²) >= 11 is 7.62. The highest BCUT2D eigenvalue weighted by Gasteiger charge is 2.47. The van der Waals surface area contributed by atoms with Crippen LogP contribution in [0.2, 0.25) is 0 Å². The predicted octanol–water partition coefficient (Wildman–Crippen LogP) is 5.40. The van der Waals surface area contributed by atoms with Gasteiger partial charge in [0, 0.05) is 18.2 Å². The van der Waals surface area contributed by atoms with Gasteiger partial charge in [-0.05, 0) is 36.3 Å². The Morgan fingerprint density at radius 2 is 1.77 bits per heavy atom. The van der Waals surface area contributed by atoms with Crippen LogP contribution in [-0.4, -0.2) is 21.8 Å². The van der Waals surface area contributed by atoms with Crippen molar-refractivity contribution < 1.29 is 13.8 Å². The van der Waals surface area contributed by atoms with E-state index in [0.717, 1.165) is 11.1 Å². The van der Waals surface area contributed by atoms with Gasteiger partial charge in [0.05, 0.1) is 17.5 Å². The fourth-order valence-electron chi connectivity index (χ4n) is 4.53. The molecule has 6 atom stereocenters. The van der Waals surface area contributed by atoms with E-state index in [1.54, 1.807) is 18.3 Å². The molecule has 1 N–H and O–H groups in total. The average Bonchev–Trinajstić information content (AvgIpc) is 3.43. The van der Waals surface area contributed by atoms with Gasteiger partial charge in [-0.25, -0.2) is 4.79 Å². The SMILES string of the molecule is CC[C@H]1O[C@@H](n2cc(C)c(=O)[nH]c2=O)C[C@@H]1OP1(=S)O[C@H](c2ccccc2)[C@H](c2ccccc2)S1. The highest BCUT2D eigenvalue weighted by molar-refractivity contribution is 8.68. The Labute approximate surface area is 212 Å². The van der Waals surface area contributed by atoms with Gasteiger partial charge in [-0.15, -0.1) is 0 Å². The predicted molar refractivity (Wildman–Crippen MR) is 141 cm³/mol. The standard InChI is InChI=1S/C25H27N2O5PS2/c1-3-19-20(14-21(30-19)27-15-16(2)24(28)26-25(27)29)31-33(34)32-22(17-10-6-4-7-11-17)23(35-33)18-12-8-5-9-13-18/h4-13,15,19-23H,3,14H2,1-2H3,(H,26,28,29)/t19-,20+,21-,22-,23+,33?/m1/s1. The molecule has 3 heterocycles. The lowest BCUT2D eigenvalue weighted by atomic mass is 10.0. The molecule has 2 saturated heterocycles. The van der Waals surface area contributed by atoms with Crippen molar-refractivity contribution in [1.82, 2.24) is 9.55 Å². The molecule has 5 rings (SSSR count). The molecule has 1 unspecified atom stereocenters. The summed E-state index contributed by atoms with van der Waals surface area (Å²) in [4.78, 5) is 26.6. The van der Waals surface area contributed by atoms with E-state index in [1.807, 2.05) is 43.3 Å². The number of ether oxygens (including phenoxy) is 1. The summed E-state index contributed by atoms with van der Waals surface area (Å²) in [7, 11) is 0. The molecule has 2 fully saturated rings. The molecule has 0 bridgehead atoms. The molecule has 2 aliphatic rings. The number of H-pyrrole nitrogens is 1. The van der Waals surface area contributed by atoms with Gasteiger partial charge in [-0.3, -0.25) is 14.3 Å². The van der Waals surface area contributed by atoms with E-state index in [0.29, 0.717) is 18.4 Å². The second-order valence-corrected chi connectivity index (χ2v) is 15.0. The van der Waals surface area contributed by atoms with Crippen molar-refractivity contribution in [2.45, 2.75) is 56.5 Å². The van der Waals surface area contributed by atoms with Gasteiger partial charge in [0.1, 0.15) is 12.3 Å². The monoisotopic (exact) mass is 530 g/mol. The van der Waals surface area contributed by atoms with Crippen LogP contribution < -0.4 is 11.2 Å². The number of aromatic amines is 1. The zero-order chi connectivity index (χ0) is 24.6. The number of aromatic nitrogens is 2. The molecule has 184 valence electrons. The maximum Gasteiger partial charge on any atom is 0.330 e. The van der Waals surface area contributed by atoms with Gasteiger partial charge in [0.2, 0.25) is 5.69 Å². The highest BCUT2D eigenvalue weighted by Crippen LogP contribution is 2.77. The maximum absolute atomic E-state index is 12.4. The third kappa shape index (κ3) is 5.12. The van der Waals surface area contributed by atoms with Crippen LogP contribution in [0, 0.1) is 6.92 Å². The highest BCUT2D eigenvalue weighted by atomic mass is 32.9. The van der Waals surface area contributed by atoms with Crippen molar-refractivity contribution >= 4 is 28.9 Å². The molecule has 7 nitrogen and oxygen atoms in total. The van der Waals surface area contributed by atoms with Crippen molar-refractivity contribution in [2.24, 2.45) is 0 Å². The number of benzene rings is 2. The molecular formula is C25H27N2O5PS2. The minimum atomic E-state index is -2.74. The number of hydrogen-bond acceptors (Lipinski definition) is 7. The lowest BCUT2D eigenvalue weighted by Crippen LogP contribution is -2.33. The number of hydrogen-bond donors (Lipinski definition) is 1. The Balaban J connectivity index is 1.40. The van der Waals surface area contributed by atoms with Crippen molar-refractivity contribution in [1.29, 1.82) is 0 Å². The molecule has 10 heteroatoms. The molecule has 0 radical (unpaired) electrons. The van der Waals surface area contributed by atoms with Crippen LogP contribution in [0.15, 0.2) is 76.4 Å². The first-order chi connectivity index (χ1) is 16.9. The Hall–Kier alpha value is -2.00. The first-order valence-electron chi connectivity index (χ1n) is 11.6. The molecule has 2 aliphatic heterocycles. The molecule has 1 aromatic heterocycles. The van der Waals surface area contributed by atoms with Crippen LogP contribution in [-0.2, 0) is 25.6 Å².